The van der Waals surface area contributed by atoms with Gasteiger partial charge in [-0.1, -0.05) is 49.6 Å². The van der Waals surface area contributed by atoms with Crippen molar-refractivity contribution in [1.29, 1.82) is 0 Å². The summed E-state index contributed by atoms with van der Waals surface area (Å²) in [6.07, 6.45) is 9.73. The minimum Gasteiger partial charge on any atom is -0.465 e. The molecule has 7 heteroatoms. The Labute approximate surface area is 193 Å². The van der Waals surface area contributed by atoms with Gasteiger partial charge in [-0.2, -0.15) is 0 Å². The van der Waals surface area contributed by atoms with Crippen molar-refractivity contribution in [2.45, 2.75) is 65.0 Å². The first-order chi connectivity index (χ1) is 15.0. The zero-order chi connectivity index (χ0) is 23.4. The number of fused-ring (bicyclic) bond motifs is 5. The van der Waals surface area contributed by atoms with Crippen molar-refractivity contribution in [3.63, 3.8) is 0 Å². The van der Waals surface area contributed by atoms with Gasteiger partial charge >= 0.3 is 5.97 Å². The summed E-state index contributed by atoms with van der Waals surface area (Å²) in [5, 5.41) is 11.2. The highest BCUT2D eigenvalue weighted by atomic mass is 35.5. The van der Waals surface area contributed by atoms with E-state index in [0.29, 0.717) is 22.8 Å². The highest BCUT2D eigenvalue weighted by Crippen LogP contribution is 2.58. The van der Waals surface area contributed by atoms with Gasteiger partial charge in [-0.3, -0.25) is 9.59 Å². The van der Waals surface area contributed by atoms with E-state index in [1.165, 1.54) is 6.26 Å². The lowest BCUT2D eigenvalue weighted by Gasteiger charge is -2.38. The van der Waals surface area contributed by atoms with Gasteiger partial charge in [0.2, 0.25) is 5.78 Å². The molecule has 32 heavy (non-hydrogen) atoms. The van der Waals surface area contributed by atoms with Crippen molar-refractivity contribution >= 4 is 23.4 Å². The molecule has 1 N–H and O–H groups in total. The first kappa shape index (κ1) is 23.0. The molecule has 0 aromatic carbocycles. The van der Waals surface area contributed by atoms with Gasteiger partial charge in [0.15, 0.2) is 5.79 Å². The topological polar surface area (TPSA) is 82.1 Å². The third kappa shape index (κ3) is 3.58. The van der Waals surface area contributed by atoms with E-state index in [1.807, 2.05) is 19.1 Å². The maximum Gasteiger partial charge on any atom is 0.315 e. The Morgan fingerprint density at radius 2 is 2.09 bits per heavy atom. The van der Waals surface area contributed by atoms with Crippen LogP contribution in [0.2, 0.25) is 0 Å². The smallest absolute Gasteiger partial charge is 0.315 e. The van der Waals surface area contributed by atoms with Crippen LogP contribution in [0.4, 0.5) is 0 Å². The number of carbonyl (C=O) groups excluding carboxylic acids is 2. The number of ether oxygens (including phenoxy) is 3. The normalized spacial score (nSPS) is 37.8. The molecule has 3 heterocycles. The van der Waals surface area contributed by atoms with Crippen LogP contribution in [0.1, 0.15) is 47.5 Å². The zero-order valence-corrected chi connectivity index (χ0v) is 19.7. The molecule has 4 rings (SSSR count). The molecule has 1 aliphatic carbocycles. The molecule has 2 fully saturated rings. The quantitative estimate of drug-likeness (QED) is 0.493. The second-order valence-corrected chi connectivity index (χ2v) is 9.76. The van der Waals surface area contributed by atoms with Gasteiger partial charge in [0.1, 0.15) is 23.4 Å². The summed E-state index contributed by atoms with van der Waals surface area (Å²) in [4.78, 5) is 26.1. The molecular formula is C25H29ClO6. The van der Waals surface area contributed by atoms with E-state index < -0.39 is 41.1 Å². The largest absolute Gasteiger partial charge is 0.465 e. The summed E-state index contributed by atoms with van der Waals surface area (Å²) >= 11 is 6.50. The molecule has 0 radical (unpaired) electrons. The highest BCUT2D eigenvalue weighted by molar-refractivity contribution is 6.45. The number of halogens is 1. The Hall–Kier alpha value is -2.15. The second-order valence-electron chi connectivity index (χ2n) is 9.38. The van der Waals surface area contributed by atoms with Gasteiger partial charge in [-0.25, -0.2) is 0 Å². The average molecular weight is 461 g/mol. The van der Waals surface area contributed by atoms with Crippen LogP contribution in [0.15, 0.2) is 58.1 Å². The molecule has 0 amide bonds. The Bertz CT molecular complexity index is 1020. The summed E-state index contributed by atoms with van der Waals surface area (Å²) in [5.41, 5.74) is 0.635. The predicted octanol–water partition coefficient (Wildman–Crippen LogP) is 4.45. The molecule has 0 aromatic heterocycles. The first-order valence-electron chi connectivity index (χ1n) is 11.0. The number of carbonyl (C=O) groups is 2. The number of ketones is 1. The van der Waals surface area contributed by atoms with Crippen LogP contribution in [-0.4, -0.2) is 34.4 Å². The summed E-state index contributed by atoms with van der Waals surface area (Å²) < 4.78 is 17.1. The van der Waals surface area contributed by atoms with E-state index >= 15 is 0 Å². The van der Waals surface area contributed by atoms with Crippen LogP contribution in [0.5, 0.6) is 0 Å². The molecule has 2 saturated heterocycles. The van der Waals surface area contributed by atoms with E-state index in [0.717, 1.165) is 12.0 Å². The molecule has 0 aromatic rings. The lowest BCUT2D eigenvalue weighted by atomic mass is 9.66. The van der Waals surface area contributed by atoms with Crippen LogP contribution in [0.25, 0.3) is 0 Å². The fourth-order valence-electron chi connectivity index (χ4n) is 5.10. The Morgan fingerprint density at radius 3 is 2.78 bits per heavy atom. The number of hydrogen-bond acceptors (Lipinski definition) is 6. The van der Waals surface area contributed by atoms with Crippen LogP contribution in [-0.2, 0) is 23.8 Å². The molecule has 0 saturated carbocycles. The fourth-order valence-corrected chi connectivity index (χ4v) is 5.45. The molecule has 0 unspecified atom stereocenters. The van der Waals surface area contributed by atoms with E-state index in [9.17, 15) is 14.7 Å². The van der Waals surface area contributed by atoms with E-state index in [1.54, 1.807) is 19.9 Å². The monoisotopic (exact) mass is 460 g/mol. The third-order valence-corrected chi connectivity index (χ3v) is 7.17. The van der Waals surface area contributed by atoms with Crippen molar-refractivity contribution in [1.82, 2.24) is 0 Å². The van der Waals surface area contributed by atoms with Crippen LogP contribution in [0, 0.1) is 17.8 Å². The number of allylic oxidation sites excluding steroid dienone is 6. The fraction of sp³-hybridized carbons (Fsp3) is 0.520. The molecule has 4 aliphatic rings. The number of rotatable bonds is 4. The predicted molar refractivity (Wildman–Crippen MR) is 119 cm³/mol. The van der Waals surface area contributed by atoms with Crippen molar-refractivity contribution < 1.29 is 28.9 Å². The minimum absolute atomic E-state index is 0.000248. The third-order valence-electron chi connectivity index (χ3n) is 6.80. The molecule has 6 atom stereocenters. The zero-order valence-electron chi connectivity index (χ0n) is 19.0. The van der Waals surface area contributed by atoms with Gasteiger partial charge < -0.3 is 19.3 Å². The molecule has 0 spiro atoms. The SMILES string of the molecule is CC[C@H](C)C=C(C)C=CC1=CC2=C(Cl)C(=O)[C@@]3(C)O[C@]4(O)C[C@H](C)OC(=O)[C@@H]4[C@H]3C2=CO1. The number of esters is 1. The lowest BCUT2D eigenvalue weighted by Crippen LogP contribution is -2.50. The summed E-state index contributed by atoms with van der Waals surface area (Å²) in [7, 11) is 0. The lowest BCUT2D eigenvalue weighted by molar-refractivity contribution is -0.260. The number of Topliss-reactive ketones (excluding diaryl/α,β-unsaturated/α-hetero) is 1. The molecule has 172 valence electrons. The number of aliphatic hydroxyl groups is 1. The maximum atomic E-state index is 13.3. The van der Waals surface area contributed by atoms with E-state index in [2.05, 4.69) is 19.9 Å². The maximum absolute atomic E-state index is 13.3. The molecule has 0 bridgehead atoms. The molecule has 6 nitrogen and oxygen atoms in total. The van der Waals surface area contributed by atoms with Crippen molar-refractivity contribution in [3.05, 3.63) is 58.1 Å². The van der Waals surface area contributed by atoms with Gasteiger partial charge in [-0.15, -0.1) is 0 Å². The standard InChI is InChI=1S/C25H29ClO6/c1-6-13(2)9-14(3)7-8-16-10-17-18(12-30-16)19-20-23(28)31-15(4)11-25(20,29)32-24(19,5)22(27)21(17)26/h7-10,12-13,15,19-20,29H,6,11H2,1-5H3/t13-,15-,19+,20-,24-,25+/m0/s1. The number of cyclic esters (lactones) is 1. The van der Waals surface area contributed by atoms with Gasteiger partial charge in [0, 0.05) is 23.5 Å². The van der Waals surface area contributed by atoms with E-state index in [4.69, 9.17) is 25.8 Å². The van der Waals surface area contributed by atoms with Crippen LogP contribution in [0.3, 0.4) is 0 Å². The summed E-state index contributed by atoms with van der Waals surface area (Å²) in [5.74, 6) is -3.69. The Kier molecular flexibility index (Phi) is 5.76. The van der Waals surface area contributed by atoms with Gasteiger partial charge in [-0.05, 0) is 38.8 Å². The van der Waals surface area contributed by atoms with Crippen molar-refractivity contribution in [2.75, 3.05) is 0 Å². The second kappa shape index (κ2) is 8.01. The van der Waals surface area contributed by atoms with Gasteiger partial charge in [0.05, 0.1) is 11.3 Å². The van der Waals surface area contributed by atoms with Crippen molar-refractivity contribution in [3.8, 4) is 0 Å². The molecular weight excluding hydrogens is 432 g/mol. The summed E-state index contributed by atoms with van der Waals surface area (Å²) in [6.45, 7) is 9.55. The van der Waals surface area contributed by atoms with E-state index in [-0.39, 0.29) is 11.5 Å². The number of hydrogen-bond donors (Lipinski definition) is 1. The van der Waals surface area contributed by atoms with Crippen LogP contribution < -0.4 is 0 Å². The summed E-state index contributed by atoms with van der Waals surface area (Å²) in [6, 6.07) is 0. The Balaban J connectivity index is 1.70. The van der Waals surface area contributed by atoms with Crippen LogP contribution >= 0.6 is 11.6 Å². The highest BCUT2D eigenvalue weighted by Gasteiger charge is 2.70. The minimum atomic E-state index is -1.81. The molecule has 3 aliphatic heterocycles. The average Bonchev–Trinajstić information content (AvgIpc) is 2.98. The van der Waals surface area contributed by atoms with Gasteiger partial charge in [0.25, 0.3) is 0 Å². The first-order valence-corrected chi connectivity index (χ1v) is 11.4. The Morgan fingerprint density at radius 1 is 1.38 bits per heavy atom. The van der Waals surface area contributed by atoms with Crippen molar-refractivity contribution in [2.24, 2.45) is 17.8 Å².